The fourth-order valence-electron chi connectivity index (χ4n) is 2.02. The van der Waals surface area contributed by atoms with Crippen molar-refractivity contribution in [2.45, 2.75) is 6.92 Å². The van der Waals surface area contributed by atoms with E-state index in [9.17, 15) is 4.79 Å². The van der Waals surface area contributed by atoms with Crippen LogP contribution in [0.5, 0.6) is 0 Å². The van der Waals surface area contributed by atoms with Crippen LogP contribution in [0.2, 0.25) is 0 Å². The minimum atomic E-state index is -1.06. The second kappa shape index (κ2) is 7.29. The van der Waals surface area contributed by atoms with Crippen LogP contribution in [0.25, 0.3) is 0 Å². The highest BCUT2D eigenvalue weighted by molar-refractivity contribution is 5.90. The topological polar surface area (TPSA) is 103 Å². The molecule has 0 unspecified atom stereocenters. The van der Waals surface area contributed by atoms with Crippen molar-refractivity contribution in [3.8, 4) is 6.07 Å². The molecule has 0 aliphatic carbocycles. The number of aromatic nitrogens is 1. The van der Waals surface area contributed by atoms with E-state index in [1.54, 1.807) is 6.92 Å². The number of nitrogens with two attached hydrogens (primary N) is 1. The number of hydrogen-bond acceptors (Lipinski definition) is 5. The van der Waals surface area contributed by atoms with Gasteiger partial charge in [-0.2, -0.15) is 5.26 Å². The maximum Gasteiger partial charge on any atom is 0.337 e. The maximum atomic E-state index is 11.0. The highest BCUT2D eigenvalue weighted by Gasteiger charge is 2.29. The standard InChI is InChI=1S/C12H14N4O2.2ClH/c1-7-10(12(17)18)2-9(4-14)11(15-7)16-5-8(3-13)6-16;;/h2,8H,3,5-6,13H2,1H3,(H,17,18);2*1H. The van der Waals surface area contributed by atoms with E-state index in [0.29, 0.717) is 29.5 Å². The first-order valence-corrected chi connectivity index (χ1v) is 5.66. The number of aromatic carboxylic acids is 1. The lowest BCUT2D eigenvalue weighted by Crippen LogP contribution is -2.50. The van der Waals surface area contributed by atoms with E-state index in [-0.39, 0.29) is 30.4 Å². The van der Waals surface area contributed by atoms with Crippen LogP contribution in [0.15, 0.2) is 6.07 Å². The second-order valence-corrected chi connectivity index (χ2v) is 4.42. The second-order valence-electron chi connectivity index (χ2n) is 4.42. The summed E-state index contributed by atoms with van der Waals surface area (Å²) in [7, 11) is 0. The van der Waals surface area contributed by atoms with Crippen molar-refractivity contribution in [2.24, 2.45) is 11.7 Å². The van der Waals surface area contributed by atoms with Crippen LogP contribution >= 0.6 is 24.8 Å². The molecule has 0 atom stereocenters. The minimum Gasteiger partial charge on any atom is -0.478 e. The molecule has 0 amide bonds. The fourth-order valence-corrected chi connectivity index (χ4v) is 2.02. The molecule has 20 heavy (non-hydrogen) atoms. The van der Waals surface area contributed by atoms with Gasteiger partial charge in [-0.05, 0) is 19.5 Å². The summed E-state index contributed by atoms with van der Waals surface area (Å²) < 4.78 is 0. The Kier molecular flexibility index (Phi) is 6.73. The van der Waals surface area contributed by atoms with Crippen molar-refractivity contribution in [1.82, 2.24) is 4.98 Å². The van der Waals surface area contributed by atoms with E-state index in [4.69, 9.17) is 16.1 Å². The molecule has 0 saturated carbocycles. The van der Waals surface area contributed by atoms with Crippen LogP contribution < -0.4 is 10.6 Å². The molecule has 1 saturated heterocycles. The van der Waals surface area contributed by atoms with E-state index >= 15 is 0 Å². The summed E-state index contributed by atoms with van der Waals surface area (Å²) in [6.45, 7) is 3.78. The van der Waals surface area contributed by atoms with Crippen molar-refractivity contribution in [2.75, 3.05) is 24.5 Å². The summed E-state index contributed by atoms with van der Waals surface area (Å²) in [5.41, 5.74) is 6.35. The third kappa shape index (κ3) is 3.31. The summed E-state index contributed by atoms with van der Waals surface area (Å²) in [5.74, 6) is -0.0750. The Hall–Kier alpha value is -1.55. The summed E-state index contributed by atoms with van der Waals surface area (Å²) in [6, 6.07) is 3.39. The SMILES string of the molecule is Cc1nc(N2CC(CN)C2)c(C#N)cc1C(=O)O.Cl.Cl. The Morgan fingerprint density at radius 3 is 2.65 bits per heavy atom. The van der Waals surface area contributed by atoms with Gasteiger partial charge in [-0.3, -0.25) is 0 Å². The van der Waals surface area contributed by atoms with Crippen LogP contribution in [-0.2, 0) is 0 Å². The molecule has 2 rings (SSSR count). The van der Waals surface area contributed by atoms with Gasteiger partial charge in [0.15, 0.2) is 0 Å². The van der Waals surface area contributed by atoms with Crippen LogP contribution in [0.3, 0.4) is 0 Å². The predicted molar refractivity (Wildman–Crippen MR) is 79.9 cm³/mol. The highest BCUT2D eigenvalue weighted by Crippen LogP contribution is 2.27. The first-order valence-electron chi connectivity index (χ1n) is 5.66. The summed E-state index contributed by atoms with van der Waals surface area (Å²) in [4.78, 5) is 17.2. The Bertz CT molecular complexity index is 539. The predicted octanol–water partition coefficient (Wildman–Crippen LogP) is 1.20. The molecular formula is C12H16Cl2N4O2. The maximum absolute atomic E-state index is 11.0. The number of carboxylic acid groups (broad SMARTS) is 1. The van der Waals surface area contributed by atoms with Crippen LogP contribution in [0.1, 0.15) is 21.6 Å². The molecule has 1 fully saturated rings. The molecule has 1 aliphatic heterocycles. The number of anilines is 1. The van der Waals surface area contributed by atoms with Crippen molar-refractivity contribution in [1.29, 1.82) is 5.26 Å². The molecule has 1 aromatic heterocycles. The van der Waals surface area contributed by atoms with Gasteiger partial charge in [0.2, 0.25) is 0 Å². The quantitative estimate of drug-likeness (QED) is 0.867. The van der Waals surface area contributed by atoms with E-state index in [2.05, 4.69) is 4.98 Å². The number of hydrogen-bond donors (Lipinski definition) is 2. The number of nitrogens with zero attached hydrogens (tertiary/aromatic N) is 3. The first kappa shape index (κ1) is 18.4. The summed E-state index contributed by atoms with van der Waals surface area (Å²) in [6.07, 6.45) is 0. The molecule has 110 valence electrons. The van der Waals surface area contributed by atoms with Gasteiger partial charge in [-0.1, -0.05) is 0 Å². The number of rotatable bonds is 3. The third-order valence-electron chi connectivity index (χ3n) is 3.13. The van der Waals surface area contributed by atoms with Crippen LogP contribution in [0.4, 0.5) is 5.82 Å². The average Bonchev–Trinajstić information content (AvgIpc) is 2.27. The zero-order valence-electron chi connectivity index (χ0n) is 10.9. The molecule has 3 N–H and O–H groups in total. The number of pyridine rings is 1. The molecule has 2 heterocycles. The lowest BCUT2D eigenvalue weighted by molar-refractivity contribution is 0.0695. The number of halogens is 2. The molecule has 6 nitrogen and oxygen atoms in total. The average molecular weight is 319 g/mol. The van der Waals surface area contributed by atoms with Gasteiger partial charge in [0.1, 0.15) is 11.9 Å². The lowest BCUT2D eigenvalue weighted by atomic mass is 9.99. The van der Waals surface area contributed by atoms with Gasteiger partial charge < -0.3 is 15.7 Å². The first-order chi connectivity index (χ1) is 8.56. The molecule has 0 spiro atoms. The third-order valence-corrected chi connectivity index (χ3v) is 3.13. The van der Waals surface area contributed by atoms with E-state index in [1.807, 2.05) is 11.0 Å². The molecule has 0 bridgehead atoms. The van der Waals surface area contributed by atoms with Crippen molar-refractivity contribution in [3.05, 3.63) is 22.9 Å². The molecule has 8 heteroatoms. The molecular weight excluding hydrogens is 303 g/mol. The number of carboxylic acids is 1. The van der Waals surface area contributed by atoms with Gasteiger partial charge in [0.25, 0.3) is 0 Å². The van der Waals surface area contributed by atoms with Gasteiger partial charge in [0, 0.05) is 19.0 Å². The monoisotopic (exact) mass is 318 g/mol. The van der Waals surface area contributed by atoms with Crippen molar-refractivity contribution in [3.63, 3.8) is 0 Å². The minimum absolute atomic E-state index is 0. The van der Waals surface area contributed by atoms with Gasteiger partial charge in [-0.15, -0.1) is 24.8 Å². The zero-order chi connectivity index (χ0) is 13.3. The van der Waals surface area contributed by atoms with Crippen molar-refractivity contribution >= 4 is 36.6 Å². The van der Waals surface area contributed by atoms with Crippen LogP contribution in [0, 0.1) is 24.2 Å². The fraction of sp³-hybridized carbons (Fsp3) is 0.417. The number of aryl methyl sites for hydroxylation is 1. The zero-order valence-corrected chi connectivity index (χ0v) is 12.5. The Labute approximate surface area is 129 Å². The molecule has 0 radical (unpaired) electrons. The number of nitriles is 1. The van der Waals surface area contributed by atoms with Gasteiger partial charge >= 0.3 is 5.97 Å². The van der Waals surface area contributed by atoms with Crippen molar-refractivity contribution < 1.29 is 9.90 Å². The molecule has 0 aromatic carbocycles. The Morgan fingerprint density at radius 1 is 1.60 bits per heavy atom. The highest BCUT2D eigenvalue weighted by atomic mass is 35.5. The van der Waals surface area contributed by atoms with E-state index in [0.717, 1.165) is 13.1 Å². The lowest BCUT2D eigenvalue weighted by Gasteiger charge is -2.40. The van der Waals surface area contributed by atoms with Gasteiger partial charge in [0.05, 0.1) is 16.8 Å². The van der Waals surface area contributed by atoms with E-state index < -0.39 is 5.97 Å². The smallest absolute Gasteiger partial charge is 0.337 e. The summed E-state index contributed by atoms with van der Waals surface area (Å²) in [5, 5.41) is 18.1. The molecule has 1 aromatic rings. The largest absolute Gasteiger partial charge is 0.478 e. The molecule has 1 aliphatic rings. The van der Waals surface area contributed by atoms with Crippen LogP contribution in [-0.4, -0.2) is 35.7 Å². The normalized spacial score (nSPS) is 13.6. The number of carbonyl (C=O) groups is 1. The summed E-state index contributed by atoms with van der Waals surface area (Å²) >= 11 is 0. The Balaban J connectivity index is 0.00000180. The Morgan fingerprint density at radius 2 is 2.20 bits per heavy atom. The van der Waals surface area contributed by atoms with Gasteiger partial charge in [-0.25, -0.2) is 9.78 Å². The van der Waals surface area contributed by atoms with E-state index in [1.165, 1.54) is 6.07 Å².